The lowest BCUT2D eigenvalue weighted by molar-refractivity contribution is -0.140. The molecule has 78 valence electrons. The Morgan fingerprint density at radius 2 is 2.21 bits per heavy atom. The summed E-state index contributed by atoms with van der Waals surface area (Å²) in [6.07, 6.45) is -0.0816. The molecule has 1 aliphatic rings. The number of thioether (sulfide) groups is 1. The molecule has 3 N–H and O–H groups in total. The molecule has 2 atom stereocenters. The van der Waals surface area contributed by atoms with E-state index in [0.29, 0.717) is 11.3 Å². The van der Waals surface area contributed by atoms with Crippen molar-refractivity contribution in [2.24, 2.45) is 0 Å². The van der Waals surface area contributed by atoms with E-state index in [-0.39, 0.29) is 11.8 Å². The summed E-state index contributed by atoms with van der Waals surface area (Å²) in [6.45, 7) is 3.62. The second-order valence-corrected chi connectivity index (χ2v) is 4.18. The number of hydrogen-bond donors (Lipinski definition) is 3. The zero-order chi connectivity index (χ0) is 10.7. The van der Waals surface area contributed by atoms with Gasteiger partial charge in [0.1, 0.15) is 6.04 Å². The van der Waals surface area contributed by atoms with Gasteiger partial charge in [-0.05, 0) is 5.57 Å². The Kier molecular flexibility index (Phi) is 3.54. The van der Waals surface area contributed by atoms with Crippen molar-refractivity contribution in [3.63, 3.8) is 0 Å². The minimum Gasteiger partial charge on any atom is -0.481 e. The van der Waals surface area contributed by atoms with Gasteiger partial charge in [0.05, 0.1) is 11.8 Å². The Morgan fingerprint density at radius 3 is 2.71 bits per heavy atom. The molecule has 0 aromatic carbocycles. The third-order valence-electron chi connectivity index (χ3n) is 1.84. The van der Waals surface area contributed by atoms with Gasteiger partial charge < -0.3 is 10.2 Å². The largest absolute Gasteiger partial charge is 0.481 e. The van der Waals surface area contributed by atoms with Crippen LogP contribution in [0.3, 0.4) is 0 Å². The SMILES string of the molecule is C=C1CSC(CC(=O)O)NC1C(=O)O. The average molecular weight is 217 g/mol. The van der Waals surface area contributed by atoms with Crippen LogP contribution in [0, 0.1) is 0 Å². The van der Waals surface area contributed by atoms with Crippen LogP contribution in [0.4, 0.5) is 0 Å². The van der Waals surface area contributed by atoms with Gasteiger partial charge in [-0.2, -0.15) is 0 Å². The fourth-order valence-electron chi connectivity index (χ4n) is 1.17. The normalized spacial score (nSPS) is 27.3. The van der Waals surface area contributed by atoms with Crippen molar-refractivity contribution < 1.29 is 19.8 Å². The fourth-order valence-corrected chi connectivity index (χ4v) is 2.24. The van der Waals surface area contributed by atoms with E-state index in [1.807, 2.05) is 0 Å². The van der Waals surface area contributed by atoms with E-state index in [1.54, 1.807) is 0 Å². The molecule has 0 amide bonds. The van der Waals surface area contributed by atoms with Crippen molar-refractivity contribution in [3.8, 4) is 0 Å². The number of nitrogens with one attached hydrogen (secondary N) is 1. The van der Waals surface area contributed by atoms with E-state index in [2.05, 4.69) is 11.9 Å². The van der Waals surface area contributed by atoms with Crippen molar-refractivity contribution >= 4 is 23.7 Å². The minimum atomic E-state index is -1.01. The number of carbonyl (C=O) groups is 2. The molecule has 6 heteroatoms. The first-order valence-electron chi connectivity index (χ1n) is 4.00. The van der Waals surface area contributed by atoms with Gasteiger partial charge in [0.15, 0.2) is 0 Å². The smallest absolute Gasteiger partial charge is 0.325 e. The Labute approximate surface area is 85.2 Å². The van der Waals surface area contributed by atoms with Crippen molar-refractivity contribution in [3.05, 3.63) is 12.2 Å². The molecule has 1 rings (SSSR count). The van der Waals surface area contributed by atoms with E-state index in [4.69, 9.17) is 10.2 Å². The first-order chi connectivity index (χ1) is 6.50. The predicted molar refractivity (Wildman–Crippen MR) is 52.2 cm³/mol. The monoisotopic (exact) mass is 217 g/mol. The zero-order valence-corrected chi connectivity index (χ0v) is 8.21. The van der Waals surface area contributed by atoms with Crippen molar-refractivity contribution in [2.45, 2.75) is 17.8 Å². The van der Waals surface area contributed by atoms with Gasteiger partial charge in [0, 0.05) is 5.75 Å². The van der Waals surface area contributed by atoms with Crippen LogP contribution in [0.15, 0.2) is 12.2 Å². The molecule has 0 saturated carbocycles. The maximum atomic E-state index is 10.7. The van der Waals surface area contributed by atoms with Crippen LogP contribution in [0.1, 0.15) is 6.42 Å². The van der Waals surface area contributed by atoms with E-state index < -0.39 is 18.0 Å². The number of rotatable bonds is 3. The second-order valence-electron chi connectivity index (χ2n) is 2.99. The number of carboxylic acid groups (broad SMARTS) is 2. The highest BCUT2D eigenvalue weighted by atomic mass is 32.2. The molecule has 5 nitrogen and oxygen atoms in total. The van der Waals surface area contributed by atoms with Crippen molar-refractivity contribution in [2.75, 3.05) is 5.75 Å². The van der Waals surface area contributed by atoms with Gasteiger partial charge in [0.2, 0.25) is 0 Å². The third kappa shape index (κ3) is 2.74. The van der Waals surface area contributed by atoms with Crippen LogP contribution < -0.4 is 5.32 Å². The maximum Gasteiger partial charge on any atom is 0.325 e. The summed E-state index contributed by atoms with van der Waals surface area (Å²) in [5.41, 5.74) is 0.573. The topological polar surface area (TPSA) is 86.6 Å². The van der Waals surface area contributed by atoms with Crippen LogP contribution in [0.25, 0.3) is 0 Å². The number of aliphatic carboxylic acids is 2. The Balaban J connectivity index is 2.57. The van der Waals surface area contributed by atoms with E-state index in [0.717, 1.165) is 0 Å². The summed E-state index contributed by atoms with van der Waals surface area (Å²) < 4.78 is 0. The molecule has 1 heterocycles. The van der Waals surface area contributed by atoms with Crippen LogP contribution in [0.2, 0.25) is 0 Å². The maximum absolute atomic E-state index is 10.7. The summed E-state index contributed by atoms with van der Waals surface area (Å²) >= 11 is 1.37. The van der Waals surface area contributed by atoms with Gasteiger partial charge >= 0.3 is 11.9 Å². The standard InChI is InChI=1S/C8H11NO4S/c1-4-3-14-5(2-6(10)11)9-7(4)8(12)13/h5,7,9H,1-3H2,(H,10,11)(H,12,13). The Morgan fingerprint density at radius 1 is 1.57 bits per heavy atom. The molecular weight excluding hydrogens is 206 g/mol. The summed E-state index contributed by atoms with van der Waals surface area (Å²) in [5, 5.41) is 19.7. The first kappa shape index (κ1) is 11.1. The van der Waals surface area contributed by atoms with Gasteiger partial charge in [-0.3, -0.25) is 14.9 Å². The van der Waals surface area contributed by atoms with Crippen LogP contribution in [-0.2, 0) is 9.59 Å². The first-order valence-corrected chi connectivity index (χ1v) is 5.05. The molecule has 1 aliphatic heterocycles. The predicted octanol–water partition coefficient (Wildman–Crippen LogP) is 0.133. The molecule has 0 radical (unpaired) electrons. The molecule has 0 aliphatic carbocycles. The Hall–Kier alpha value is -1.01. The summed E-state index contributed by atoms with van der Waals surface area (Å²) in [4.78, 5) is 21.1. The van der Waals surface area contributed by atoms with Gasteiger partial charge in [-0.25, -0.2) is 0 Å². The van der Waals surface area contributed by atoms with Crippen molar-refractivity contribution in [1.82, 2.24) is 5.32 Å². The molecule has 0 spiro atoms. The molecule has 1 saturated heterocycles. The quantitative estimate of drug-likeness (QED) is 0.583. The Bertz CT molecular complexity index is 279. The lowest BCUT2D eigenvalue weighted by Gasteiger charge is -2.28. The highest BCUT2D eigenvalue weighted by molar-refractivity contribution is 8.00. The zero-order valence-electron chi connectivity index (χ0n) is 7.40. The van der Waals surface area contributed by atoms with E-state index >= 15 is 0 Å². The van der Waals surface area contributed by atoms with Crippen molar-refractivity contribution in [1.29, 1.82) is 0 Å². The van der Waals surface area contributed by atoms with Crippen LogP contribution >= 0.6 is 11.8 Å². The molecular formula is C8H11NO4S. The number of hydrogen-bond acceptors (Lipinski definition) is 4. The molecule has 2 unspecified atom stereocenters. The lowest BCUT2D eigenvalue weighted by atomic mass is 10.1. The van der Waals surface area contributed by atoms with Gasteiger partial charge in [-0.1, -0.05) is 6.58 Å². The van der Waals surface area contributed by atoms with Crippen LogP contribution in [-0.4, -0.2) is 39.3 Å². The molecule has 1 fully saturated rings. The molecule has 14 heavy (non-hydrogen) atoms. The van der Waals surface area contributed by atoms with E-state index in [1.165, 1.54) is 11.8 Å². The van der Waals surface area contributed by atoms with E-state index in [9.17, 15) is 9.59 Å². The summed E-state index contributed by atoms with van der Waals surface area (Å²) in [6, 6.07) is -0.819. The molecule has 0 aromatic heterocycles. The summed E-state index contributed by atoms with van der Waals surface area (Å²) in [7, 11) is 0. The third-order valence-corrected chi connectivity index (χ3v) is 3.08. The lowest BCUT2D eigenvalue weighted by Crippen LogP contribution is -2.47. The number of carboxylic acids is 2. The summed E-state index contributed by atoms with van der Waals surface area (Å²) in [5.74, 6) is -1.46. The highest BCUT2D eigenvalue weighted by Crippen LogP contribution is 2.23. The van der Waals surface area contributed by atoms with Gasteiger partial charge in [0.25, 0.3) is 0 Å². The average Bonchev–Trinajstić information content (AvgIpc) is 2.07. The fraction of sp³-hybridized carbons (Fsp3) is 0.500. The van der Waals surface area contributed by atoms with Crippen LogP contribution in [0.5, 0.6) is 0 Å². The minimum absolute atomic E-state index is 0.0816. The second kappa shape index (κ2) is 4.47. The van der Waals surface area contributed by atoms with Gasteiger partial charge in [-0.15, -0.1) is 11.8 Å². The molecule has 0 aromatic rings. The highest BCUT2D eigenvalue weighted by Gasteiger charge is 2.30. The molecule has 0 bridgehead atoms.